The van der Waals surface area contributed by atoms with E-state index in [1.54, 1.807) is 24.3 Å². The van der Waals surface area contributed by atoms with Crippen LogP contribution in [0.2, 0.25) is 5.02 Å². The molecule has 7 nitrogen and oxygen atoms in total. The minimum Gasteiger partial charge on any atom is -0.480 e. The molecule has 1 atom stereocenters. The summed E-state index contributed by atoms with van der Waals surface area (Å²) in [4.78, 5) is 41.8. The van der Waals surface area contributed by atoms with Crippen LogP contribution < -0.4 is 5.32 Å². The SMILES string of the molecule is O=C(Nc1cccc(C(=O)N2CCCCC2C(=O)O)c1)c1ccc(Cl)cn1. The molecule has 1 aliphatic rings. The zero-order valence-electron chi connectivity index (χ0n) is 14.4. The van der Waals surface area contributed by atoms with Crippen LogP contribution in [-0.2, 0) is 4.79 Å². The van der Waals surface area contributed by atoms with Gasteiger partial charge in [0.15, 0.2) is 0 Å². The Bertz CT molecular complexity index is 870. The van der Waals surface area contributed by atoms with E-state index in [2.05, 4.69) is 10.3 Å². The van der Waals surface area contributed by atoms with Crippen molar-refractivity contribution in [2.45, 2.75) is 25.3 Å². The quantitative estimate of drug-likeness (QED) is 0.839. The van der Waals surface area contributed by atoms with Crippen LogP contribution in [0.25, 0.3) is 0 Å². The molecule has 2 heterocycles. The number of nitrogens with zero attached hydrogens (tertiary/aromatic N) is 2. The van der Waals surface area contributed by atoms with Gasteiger partial charge in [-0.1, -0.05) is 17.7 Å². The number of anilines is 1. The van der Waals surface area contributed by atoms with Crippen LogP contribution in [0.15, 0.2) is 42.6 Å². The summed E-state index contributed by atoms with van der Waals surface area (Å²) in [7, 11) is 0. The smallest absolute Gasteiger partial charge is 0.326 e. The minimum absolute atomic E-state index is 0.193. The summed E-state index contributed by atoms with van der Waals surface area (Å²) in [5.41, 5.74) is 0.939. The van der Waals surface area contributed by atoms with E-state index >= 15 is 0 Å². The number of carbonyl (C=O) groups is 3. The van der Waals surface area contributed by atoms with E-state index in [0.29, 0.717) is 29.2 Å². The molecule has 0 bridgehead atoms. The van der Waals surface area contributed by atoms with Gasteiger partial charge in [-0.15, -0.1) is 0 Å². The number of aromatic nitrogens is 1. The van der Waals surface area contributed by atoms with Gasteiger partial charge in [0.25, 0.3) is 11.8 Å². The summed E-state index contributed by atoms with van der Waals surface area (Å²) in [5.74, 6) is -1.79. The number of carboxylic acids is 1. The maximum absolute atomic E-state index is 12.8. The number of likely N-dealkylation sites (tertiary alicyclic amines) is 1. The van der Waals surface area contributed by atoms with E-state index in [4.69, 9.17) is 11.6 Å². The lowest BCUT2D eigenvalue weighted by molar-refractivity contribution is -0.143. The Hall–Kier alpha value is -2.93. The Labute approximate surface area is 161 Å². The van der Waals surface area contributed by atoms with Gasteiger partial charge in [0.2, 0.25) is 0 Å². The molecule has 0 saturated carbocycles. The molecule has 0 radical (unpaired) electrons. The van der Waals surface area contributed by atoms with Gasteiger partial charge in [0.05, 0.1) is 5.02 Å². The number of piperidine rings is 1. The van der Waals surface area contributed by atoms with E-state index in [1.165, 1.54) is 23.2 Å². The van der Waals surface area contributed by atoms with Gasteiger partial charge in [-0.25, -0.2) is 9.78 Å². The van der Waals surface area contributed by atoms with Crippen LogP contribution in [0, 0.1) is 0 Å². The number of pyridine rings is 1. The average molecular weight is 388 g/mol. The van der Waals surface area contributed by atoms with Gasteiger partial charge >= 0.3 is 5.97 Å². The highest BCUT2D eigenvalue weighted by atomic mass is 35.5. The molecule has 1 aliphatic heterocycles. The molecular weight excluding hydrogens is 370 g/mol. The molecule has 2 N–H and O–H groups in total. The van der Waals surface area contributed by atoms with E-state index in [9.17, 15) is 19.5 Å². The number of hydrogen-bond donors (Lipinski definition) is 2. The predicted molar refractivity (Wildman–Crippen MR) is 100.0 cm³/mol. The fourth-order valence-corrected chi connectivity index (χ4v) is 3.14. The predicted octanol–water partition coefficient (Wildman–Crippen LogP) is 3.07. The maximum Gasteiger partial charge on any atom is 0.326 e. The lowest BCUT2D eigenvalue weighted by Gasteiger charge is -2.33. The molecule has 1 saturated heterocycles. The summed E-state index contributed by atoms with van der Waals surface area (Å²) in [6, 6.07) is 8.66. The first kappa shape index (κ1) is 18.8. The summed E-state index contributed by atoms with van der Waals surface area (Å²) in [6.45, 7) is 0.404. The molecule has 2 amide bonds. The number of aliphatic carboxylic acids is 1. The molecule has 27 heavy (non-hydrogen) atoms. The van der Waals surface area contributed by atoms with Crippen molar-refractivity contribution in [1.82, 2.24) is 9.88 Å². The Balaban J connectivity index is 1.76. The highest BCUT2D eigenvalue weighted by Gasteiger charge is 2.32. The second kappa shape index (κ2) is 8.18. The molecule has 0 aliphatic carbocycles. The van der Waals surface area contributed by atoms with Gasteiger partial charge in [-0.2, -0.15) is 0 Å². The van der Waals surface area contributed by atoms with Crippen LogP contribution in [-0.4, -0.2) is 45.4 Å². The van der Waals surface area contributed by atoms with Crippen LogP contribution in [0.5, 0.6) is 0 Å². The number of carbonyl (C=O) groups excluding carboxylic acids is 2. The van der Waals surface area contributed by atoms with Crippen molar-refractivity contribution in [2.75, 3.05) is 11.9 Å². The first-order valence-corrected chi connectivity index (χ1v) is 8.90. The second-order valence-corrected chi connectivity index (χ2v) is 6.68. The number of nitrogens with one attached hydrogen (secondary N) is 1. The van der Waals surface area contributed by atoms with Crippen LogP contribution >= 0.6 is 11.6 Å². The number of hydrogen-bond acceptors (Lipinski definition) is 4. The maximum atomic E-state index is 12.8. The Morgan fingerprint density at radius 3 is 2.70 bits per heavy atom. The summed E-state index contributed by atoms with van der Waals surface area (Å²) < 4.78 is 0. The molecular formula is C19H18ClN3O4. The molecule has 1 aromatic heterocycles. The van der Waals surface area contributed by atoms with E-state index in [-0.39, 0.29) is 11.6 Å². The van der Waals surface area contributed by atoms with Gasteiger partial charge in [-0.05, 0) is 49.6 Å². The number of halogens is 1. The van der Waals surface area contributed by atoms with Crippen molar-refractivity contribution < 1.29 is 19.5 Å². The fraction of sp³-hybridized carbons (Fsp3) is 0.263. The zero-order valence-corrected chi connectivity index (χ0v) is 15.1. The second-order valence-electron chi connectivity index (χ2n) is 6.24. The van der Waals surface area contributed by atoms with Crippen LogP contribution in [0.4, 0.5) is 5.69 Å². The molecule has 8 heteroatoms. The third-order valence-corrected chi connectivity index (χ3v) is 4.60. The van der Waals surface area contributed by atoms with Crippen molar-refractivity contribution in [3.63, 3.8) is 0 Å². The lowest BCUT2D eigenvalue weighted by Crippen LogP contribution is -2.48. The fourth-order valence-electron chi connectivity index (χ4n) is 3.03. The lowest BCUT2D eigenvalue weighted by atomic mass is 10.0. The highest BCUT2D eigenvalue weighted by molar-refractivity contribution is 6.30. The van der Waals surface area contributed by atoms with E-state index in [0.717, 1.165) is 12.8 Å². The first-order chi connectivity index (χ1) is 13.0. The number of benzene rings is 1. The largest absolute Gasteiger partial charge is 0.480 e. The van der Waals surface area contributed by atoms with Crippen molar-refractivity contribution >= 4 is 35.1 Å². The summed E-state index contributed by atoms with van der Waals surface area (Å²) >= 11 is 5.76. The number of carboxylic acid groups (broad SMARTS) is 1. The topological polar surface area (TPSA) is 99.6 Å². The van der Waals surface area contributed by atoms with E-state index < -0.39 is 17.9 Å². The van der Waals surface area contributed by atoms with Crippen molar-refractivity contribution in [1.29, 1.82) is 0 Å². The molecule has 3 rings (SSSR count). The van der Waals surface area contributed by atoms with Gasteiger partial charge in [0, 0.05) is 24.0 Å². The highest BCUT2D eigenvalue weighted by Crippen LogP contribution is 2.21. The number of rotatable bonds is 4. The third-order valence-electron chi connectivity index (χ3n) is 4.38. The summed E-state index contributed by atoms with van der Waals surface area (Å²) in [6.07, 6.45) is 3.37. The Kier molecular flexibility index (Phi) is 5.71. The van der Waals surface area contributed by atoms with Crippen molar-refractivity contribution in [3.05, 3.63) is 58.9 Å². The summed E-state index contributed by atoms with van der Waals surface area (Å²) in [5, 5.41) is 12.5. The zero-order chi connectivity index (χ0) is 19.4. The molecule has 1 aromatic carbocycles. The monoisotopic (exact) mass is 387 g/mol. The van der Waals surface area contributed by atoms with Gasteiger partial charge in [-0.3, -0.25) is 9.59 Å². The third kappa shape index (κ3) is 4.43. The van der Waals surface area contributed by atoms with Crippen LogP contribution in [0.3, 0.4) is 0 Å². The Morgan fingerprint density at radius 1 is 1.19 bits per heavy atom. The molecule has 2 aromatic rings. The first-order valence-electron chi connectivity index (χ1n) is 8.52. The molecule has 1 unspecified atom stereocenters. The molecule has 1 fully saturated rings. The van der Waals surface area contributed by atoms with E-state index in [1.807, 2.05) is 0 Å². The number of amides is 2. The van der Waals surface area contributed by atoms with Crippen molar-refractivity contribution in [3.8, 4) is 0 Å². The van der Waals surface area contributed by atoms with Gasteiger partial charge < -0.3 is 15.3 Å². The van der Waals surface area contributed by atoms with Crippen molar-refractivity contribution in [2.24, 2.45) is 0 Å². The molecule has 140 valence electrons. The Morgan fingerprint density at radius 2 is 2.00 bits per heavy atom. The van der Waals surface area contributed by atoms with Crippen LogP contribution in [0.1, 0.15) is 40.1 Å². The van der Waals surface area contributed by atoms with Gasteiger partial charge in [0.1, 0.15) is 11.7 Å². The average Bonchev–Trinajstić information content (AvgIpc) is 2.68. The minimum atomic E-state index is -0.999. The normalized spacial score (nSPS) is 16.6. The molecule has 0 spiro atoms. The standard InChI is InChI=1S/C19H18ClN3O4/c20-13-7-8-15(21-11-13)17(24)22-14-5-3-4-12(10-14)18(25)23-9-2-1-6-16(23)19(26)27/h3-5,7-8,10-11,16H,1-2,6,9H2,(H,22,24)(H,26,27).